The van der Waals surface area contributed by atoms with Gasteiger partial charge in [-0.15, -0.1) is 24.9 Å². The summed E-state index contributed by atoms with van der Waals surface area (Å²) in [6.45, 7) is 8.73. The maximum Gasteiger partial charge on any atom is 0.310 e. The zero-order chi connectivity index (χ0) is 26.6. The Bertz CT molecular complexity index is 1020. The molecule has 3 aliphatic rings. The summed E-state index contributed by atoms with van der Waals surface area (Å²) >= 11 is 5.36. The minimum atomic E-state index is -0.733. The summed E-state index contributed by atoms with van der Waals surface area (Å²) in [6, 6.07) is 9.01. The Morgan fingerprint density at radius 2 is 2.00 bits per heavy atom. The van der Waals surface area contributed by atoms with Gasteiger partial charge in [-0.2, -0.15) is 0 Å². The predicted octanol–water partition coefficient (Wildman–Crippen LogP) is 3.56. The summed E-state index contributed by atoms with van der Waals surface area (Å²) in [4.78, 5) is 44.9. The van der Waals surface area contributed by atoms with Crippen LogP contribution in [0.2, 0.25) is 0 Å². The summed E-state index contributed by atoms with van der Waals surface area (Å²) in [7, 11) is 0. The summed E-state index contributed by atoms with van der Waals surface area (Å²) in [5, 5.41) is 9.40. The fraction of sp³-hybridized carbons (Fsp3) is 0.536. The highest BCUT2D eigenvalue weighted by atomic mass is 79.9. The number of hydrogen-bond acceptors (Lipinski definition) is 6. The van der Waals surface area contributed by atoms with Gasteiger partial charge in [0, 0.05) is 36.3 Å². The van der Waals surface area contributed by atoms with E-state index >= 15 is 0 Å². The molecule has 3 fully saturated rings. The average molecular weight is 592 g/mol. The zero-order valence-electron chi connectivity index (χ0n) is 21.0. The summed E-state index contributed by atoms with van der Waals surface area (Å²) in [5.41, 5.74) is 0.987. The zero-order valence-corrected chi connectivity index (χ0v) is 23.4. The van der Waals surface area contributed by atoms with Crippen molar-refractivity contribution in [2.45, 2.75) is 53.1 Å². The van der Waals surface area contributed by atoms with Crippen molar-refractivity contribution in [3.05, 3.63) is 61.2 Å². The van der Waals surface area contributed by atoms with Gasteiger partial charge in [0.15, 0.2) is 0 Å². The van der Waals surface area contributed by atoms with E-state index in [-0.39, 0.29) is 47.6 Å². The minimum absolute atomic E-state index is 0.0117. The number of alkyl halides is 1. The van der Waals surface area contributed by atoms with Gasteiger partial charge in [0.25, 0.3) is 0 Å². The first-order valence-corrected chi connectivity index (χ1v) is 14.6. The van der Waals surface area contributed by atoms with Crippen LogP contribution in [0.5, 0.6) is 0 Å². The number of fused-ring (bicyclic) bond motifs is 1. The first-order chi connectivity index (χ1) is 17.9. The first kappa shape index (κ1) is 27.9. The van der Waals surface area contributed by atoms with Gasteiger partial charge in [-0.25, -0.2) is 0 Å². The van der Waals surface area contributed by atoms with Gasteiger partial charge in [-0.05, 0) is 31.2 Å². The fourth-order valence-corrected chi connectivity index (χ4v) is 9.62. The standard InChI is InChI=1S/C28H35BrN2O5S/c1-3-5-9-16-36-27(35)21-22-25(33)31(14-10-15-32)24(28(22)17-20(29)23(21)37-28)26(34)30(13-4-2)18-19-11-7-6-8-12-19/h3-4,6-8,11-12,20-24,32H,1-2,5,9-10,13-18H2/t20?,21-,22-,23-,24?,28?/m0/s1. The number of allylic oxidation sites excluding steroid dienone is 1. The quantitative estimate of drug-likeness (QED) is 0.164. The number of esters is 1. The molecule has 1 spiro atoms. The Hall–Kier alpha value is -2.10. The van der Waals surface area contributed by atoms with Crippen LogP contribution in [0.3, 0.4) is 0 Å². The van der Waals surface area contributed by atoms with E-state index in [1.165, 1.54) is 0 Å². The lowest BCUT2D eigenvalue weighted by Gasteiger charge is -2.37. The van der Waals surface area contributed by atoms with Crippen LogP contribution in [0.1, 0.15) is 31.2 Å². The number of benzene rings is 1. The molecule has 9 heteroatoms. The van der Waals surface area contributed by atoms with Gasteiger partial charge < -0.3 is 19.6 Å². The highest BCUT2D eigenvalue weighted by Crippen LogP contribution is 2.68. The minimum Gasteiger partial charge on any atom is -0.465 e. The van der Waals surface area contributed by atoms with Crippen molar-refractivity contribution in [3.8, 4) is 0 Å². The van der Waals surface area contributed by atoms with Crippen molar-refractivity contribution in [1.82, 2.24) is 9.80 Å². The molecule has 2 amide bonds. The van der Waals surface area contributed by atoms with Crippen molar-refractivity contribution in [2.24, 2.45) is 11.8 Å². The molecular weight excluding hydrogens is 556 g/mol. The SMILES string of the molecule is C=CCCCOC(=O)[C@H]1[C@H]2C(=O)N(CCCO)C(C(=O)N(CC=C)Cc3ccccc3)C23CC(Br)[C@@H]1S3. The molecule has 3 heterocycles. The molecule has 0 aromatic heterocycles. The van der Waals surface area contributed by atoms with E-state index in [1.807, 2.05) is 30.3 Å². The Morgan fingerprint density at radius 3 is 2.68 bits per heavy atom. The van der Waals surface area contributed by atoms with Gasteiger partial charge in [0.2, 0.25) is 11.8 Å². The summed E-state index contributed by atoms with van der Waals surface area (Å²) < 4.78 is 4.89. The third-order valence-electron chi connectivity index (χ3n) is 7.53. The number of hydrogen-bond donors (Lipinski definition) is 1. The fourth-order valence-electron chi connectivity index (χ4n) is 6.02. The molecule has 1 N–H and O–H groups in total. The van der Waals surface area contributed by atoms with E-state index in [0.717, 1.165) is 12.0 Å². The van der Waals surface area contributed by atoms with Crippen LogP contribution in [0.15, 0.2) is 55.6 Å². The monoisotopic (exact) mass is 590 g/mol. The number of unbranched alkanes of at least 4 members (excludes halogenated alkanes) is 1. The van der Waals surface area contributed by atoms with Crippen LogP contribution in [0.4, 0.5) is 0 Å². The molecule has 0 saturated carbocycles. The van der Waals surface area contributed by atoms with Crippen molar-refractivity contribution < 1.29 is 24.2 Å². The van der Waals surface area contributed by atoms with E-state index in [9.17, 15) is 19.5 Å². The van der Waals surface area contributed by atoms with Crippen molar-refractivity contribution in [3.63, 3.8) is 0 Å². The van der Waals surface area contributed by atoms with E-state index in [1.54, 1.807) is 33.7 Å². The van der Waals surface area contributed by atoms with Crippen molar-refractivity contribution in [1.29, 1.82) is 0 Å². The molecule has 1 aromatic carbocycles. The third kappa shape index (κ3) is 5.27. The van der Waals surface area contributed by atoms with Crippen LogP contribution in [0, 0.1) is 11.8 Å². The summed E-state index contributed by atoms with van der Waals surface area (Å²) in [5.74, 6) is -1.94. The number of aliphatic hydroxyl groups is 1. The molecule has 6 atom stereocenters. The molecule has 200 valence electrons. The number of aliphatic hydroxyl groups excluding tert-OH is 1. The first-order valence-electron chi connectivity index (χ1n) is 12.8. The highest BCUT2D eigenvalue weighted by Gasteiger charge is 2.76. The van der Waals surface area contributed by atoms with Crippen molar-refractivity contribution in [2.75, 3.05) is 26.3 Å². The molecule has 37 heavy (non-hydrogen) atoms. The maximum absolute atomic E-state index is 14.3. The van der Waals surface area contributed by atoms with E-state index in [0.29, 0.717) is 32.4 Å². The van der Waals surface area contributed by atoms with E-state index < -0.39 is 22.6 Å². The number of ether oxygens (including phenoxy) is 1. The van der Waals surface area contributed by atoms with Gasteiger partial charge in [-0.3, -0.25) is 14.4 Å². The number of nitrogens with zero attached hydrogens (tertiary/aromatic N) is 2. The molecule has 7 nitrogen and oxygen atoms in total. The van der Waals surface area contributed by atoms with Crippen LogP contribution in [0.25, 0.3) is 0 Å². The van der Waals surface area contributed by atoms with Crippen LogP contribution < -0.4 is 0 Å². The lowest BCUT2D eigenvalue weighted by atomic mass is 9.71. The van der Waals surface area contributed by atoms with Gasteiger partial charge >= 0.3 is 5.97 Å². The Kier molecular flexibility index (Phi) is 9.19. The number of carbonyl (C=O) groups is 3. The van der Waals surface area contributed by atoms with Crippen LogP contribution in [-0.4, -0.2) is 79.9 Å². The number of carbonyl (C=O) groups excluding carboxylic acids is 3. The number of amides is 2. The van der Waals surface area contributed by atoms with Gasteiger partial charge in [0.05, 0.1) is 23.2 Å². The molecule has 3 aliphatic heterocycles. The topological polar surface area (TPSA) is 87.1 Å². The summed E-state index contributed by atoms with van der Waals surface area (Å²) in [6.07, 6.45) is 5.88. The van der Waals surface area contributed by atoms with Crippen molar-refractivity contribution >= 4 is 45.5 Å². The predicted molar refractivity (Wildman–Crippen MR) is 148 cm³/mol. The van der Waals surface area contributed by atoms with Gasteiger partial charge in [0.1, 0.15) is 6.04 Å². The second-order valence-electron chi connectivity index (χ2n) is 9.86. The van der Waals surface area contributed by atoms with E-state index in [2.05, 4.69) is 29.1 Å². The molecule has 0 radical (unpaired) electrons. The normalized spacial score (nSPS) is 29.7. The molecule has 4 rings (SSSR count). The van der Waals surface area contributed by atoms with E-state index in [4.69, 9.17) is 4.74 Å². The second kappa shape index (κ2) is 12.2. The molecular formula is C28H35BrN2O5S. The lowest BCUT2D eigenvalue weighted by Crippen LogP contribution is -2.55. The van der Waals surface area contributed by atoms with Crippen LogP contribution in [-0.2, 0) is 25.7 Å². The number of halogens is 1. The maximum atomic E-state index is 14.3. The average Bonchev–Trinajstić information content (AvgIpc) is 3.48. The number of thioether (sulfide) groups is 1. The molecule has 3 unspecified atom stereocenters. The highest BCUT2D eigenvalue weighted by molar-refractivity contribution is 9.09. The number of rotatable bonds is 13. The van der Waals surface area contributed by atoms with Crippen LogP contribution >= 0.6 is 27.7 Å². The number of likely N-dealkylation sites (tertiary alicyclic amines) is 1. The molecule has 1 aromatic rings. The second-order valence-corrected chi connectivity index (χ2v) is 12.6. The molecule has 2 bridgehead atoms. The third-order valence-corrected chi connectivity index (χ3v) is 10.7. The Balaban J connectivity index is 1.66. The Morgan fingerprint density at radius 1 is 1.24 bits per heavy atom. The van der Waals surface area contributed by atoms with Gasteiger partial charge in [-0.1, -0.05) is 58.4 Å². The molecule has 0 aliphatic carbocycles. The largest absolute Gasteiger partial charge is 0.465 e. The lowest BCUT2D eigenvalue weighted by molar-refractivity contribution is -0.154. The Labute approximate surface area is 231 Å². The molecule has 3 saturated heterocycles. The smallest absolute Gasteiger partial charge is 0.310 e.